The summed E-state index contributed by atoms with van der Waals surface area (Å²) in [6, 6.07) is 15.4. The number of ether oxygens (including phenoxy) is 3. The zero-order valence-electron chi connectivity index (χ0n) is 20.0. The Hall–Kier alpha value is -2.04. The first-order valence-electron chi connectivity index (χ1n) is 11.2. The molecule has 7 nitrogen and oxygen atoms in total. The van der Waals surface area contributed by atoms with Crippen molar-refractivity contribution in [2.24, 2.45) is 4.99 Å². The van der Waals surface area contributed by atoms with Gasteiger partial charge in [0.15, 0.2) is 5.96 Å². The van der Waals surface area contributed by atoms with E-state index in [4.69, 9.17) is 14.2 Å². The first kappa shape index (κ1) is 29.0. The van der Waals surface area contributed by atoms with Crippen LogP contribution in [0.4, 0.5) is 0 Å². The number of hydrogen-bond acceptors (Lipinski definition) is 5. The monoisotopic (exact) mass is 571 g/mol. The van der Waals surface area contributed by atoms with Gasteiger partial charge in [0.05, 0.1) is 25.9 Å². The Morgan fingerprint density at radius 1 is 1.06 bits per heavy atom. The maximum atomic E-state index is 10.7. The smallest absolute Gasteiger partial charge is 0.191 e. The molecule has 0 aromatic heterocycles. The third-order valence-corrected chi connectivity index (χ3v) is 4.62. The van der Waals surface area contributed by atoms with E-state index in [0.717, 1.165) is 35.6 Å². The number of nitrogens with zero attached hydrogens (tertiary/aromatic N) is 1. The minimum Gasteiger partial charge on any atom is -0.497 e. The van der Waals surface area contributed by atoms with Crippen LogP contribution in [0.2, 0.25) is 0 Å². The number of rotatable bonds is 13. The molecule has 0 fully saturated rings. The standard InChI is InChI=1S/C25H37N3O4.HI/c1-5-31-15-7-14-26-25(27-17-20-10-12-22(30-4)13-11-20)28-18-24(29)21-8-6-9-23(16-21)32-19(2)3;/h6,8-13,16,19,24,29H,5,7,14-15,17-18H2,1-4H3,(H2,26,27,28);1H. The highest BCUT2D eigenvalue weighted by Crippen LogP contribution is 2.20. The highest BCUT2D eigenvalue weighted by atomic mass is 127. The van der Waals surface area contributed by atoms with Crippen LogP contribution in [0.1, 0.15) is 44.4 Å². The topological polar surface area (TPSA) is 84.3 Å². The molecular weight excluding hydrogens is 533 g/mol. The molecule has 0 radical (unpaired) electrons. The zero-order valence-corrected chi connectivity index (χ0v) is 22.4. The summed E-state index contributed by atoms with van der Waals surface area (Å²) in [4.78, 5) is 4.67. The molecule has 2 aromatic carbocycles. The van der Waals surface area contributed by atoms with E-state index in [9.17, 15) is 5.11 Å². The molecule has 0 spiro atoms. The summed E-state index contributed by atoms with van der Waals surface area (Å²) in [5.74, 6) is 2.21. The van der Waals surface area contributed by atoms with Gasteiger partial charge in [-0.2, -0.15) is 0 Å². The Balaban J connectivity index is 0.00000544. The number of benzene rings is 2. The predicted octanol–water partition coefficient (Wildman–Crippen LogP) is 4.30. The van der Waals surface area contributed by atoms with E-state index in [1.165, 1.54) is 0 Å². The second kappa shape index (κ2) is 16.6. The number of aliphatic imine (C=N–C) groups is 1. The van der Waals surface area contributed by atoms with Gasteiger partial charge < -0.3 is 30.0 Å². The maximum Gasteiger partial charge on any atom is 0.191 e. The van der Waals surface area contributed by atoms with Crippen molar-refractivity contribution in [1.29, 1.82) is 0 Å². The van der Waals surface area contributed by atoms with Gasteiger partial charge in [-0.1, -0.05) is 24.3 Å². The van der Waals surface area contributed by atoms with Crippen LogP contribution in [-0.4, -0.2) is 50.6 Å². The van der Waals surface area contributed by atoms with Gasteiger partial charge in [-0.15, -0.1) is 24.0 Å². The summed E-state index contributed by atoms with van der Waals surface area (Å²) in [5.41, 5.74) is 1.86. The minimum absolute atomic E-state index is 0. The molecule has 3 N–H and O–H groups in total. The number of halogens is 1. The molecule has 0 aliphatic heterocycles. The molecule has 1 atom stereocenters. The van der Waals surface area contributed by atoms with E-state index < -0.39 is 6.10 Å². The average molecular weight is 572 g/mol. The molecule has 0 saturated carbocycles. The summed E-state index contributed by atoms with van der Waals surface area (Å²) >= 11 is 0. The van der Waals surface area contributed by atoms with Crippen molar-refractivity contribution >= 4 is 29.9 Å². The zero-order chi connectivity index (χ0) is 23.2. The van der Waals surface area contributed by atoms with Crippen LogP contribution < -0.4 is 20.1 Å². The van der Waals surface area contributed by atoms with Crippen LogP contribution >= 0.6 is 24.0 Å². The van der Waals surface area contributed by atoms with Gasteiger partial charge in [0.25, 0.3) is 0 Å². The molecule has 0 amide bonds. The van der Waals surface area contributed by atoms with Crippen molar-refractivity contribution in [2.75, 3.05) is 33.4 Å². The van der Waals surface area contributed by atoms with E-state index >= 15 is 0 Å². The third kappa shape index (κ3) is 11.6. The van der Waals surface area contributed by atoms with E-state index in [1.54, 1.807) is 7.11 Å². The second-order valence-electron chi connectivity index (χ2n) is 7.63. The largest absolute Gasteiger partial charge is 0.497 e. The molecule has 0 aliphatic rings. The Morgan fingerprint density at radius 2 is 1.82 bits per heavy atom. The lowest BCUT2D eigenvalue weighted by atomic mass is 10.1. The Morgan fingerprint density at radius 3 is 2.48 bits per heavy atom. The van der Waals surface area contributed by atoms with Gasteiger partial charge >= 0.3 is 0 Å². The highest BCUT2D eigenvalue weighted by molar-refractivity contribution is 14.0. The van der Waals surface area contributed by atoms with Gasteiger partial charge in [-0.3, -0.25) is 0 Å². The lowest BCUT2D eigenvalue weighted by molar-refractivity contribution is 0.145. The SMILES string of the molecule is CCOCCCNC(=NCc1ccc(OC)cc1)NCC(O)c1cccc(OC(C)C)c1.I. The molecule has 8 heteroatoms. The predicted molar refractivity (Wildman–Crippen MR) is 144 cm³/mol. The van der Waals surface area contributed by atoms with Gasteiger partial charge in [-0.05, 0) is 62.6 Å². The van der Waals surface area contributed by atoms with E-state index in [0.29, 0.717) is 32.3 Å². The fourth-order valence-corrected chi connectivity index (χ4v) is 2.98. The first-order valence-corrected chi connectivity index (χ1v) is 11.2. The molecule has 0 heterocycles. The molecule has 184 valence electrons. The molecular formula is C25H38IN3O4. The van der Waals surface area contributed by atoms with Crippen LogP contribution in [0.3, 0.4) is 0 Å². The number of aliphatic hydroxyl groups is 1. The average Bonchev–Trinajstić information content (AvgIpc) is 2.80. The molecule has 1 unspecified atom stereocenters. The molecule has 2 rings (SSSR count). The quantitative estimate of drug-likeness (QED) is 0.144. The number of hydrogen-bond donors (Lipinski definition) is 3. The minimum atomic E-state index is -0.692. The van der Waals surface area contributed by atoms with Gasteiger partial charge in [0.2, 0.25) is 0 Å². The van der Waals surface area contributed by atoms with Crippen LogP contribution in [0.5, 0.6) is 11.5 Å². The summed E-state index contributed by atoms with van der Waals surface area (Å²) < 4.78 is 16.3. The highest BCUT2D eigenvalue weighted by Gasteiger charge is 2.10. The Bertz CT molecular complexity index is 816. The normalized spacial score (nSPS) is 12.1. The molecule has 0 bridgehead atoms. The van der Waals surface area contributed by atoms with Crippen molar-refractivity contribution < 1.29 is 19.3 Å². The van der Waals surface area contributed by atoms with Crippen LogP contribution in [0.15, 0.2) is 53.5 Å². The van der Waals surface area contributed by atoms with E-state index in [1.807, 2.05) is 69.3 Å². The molecule has 2 aromatic rings. The van der Waals surface area contributed by atoms with Crippen LogP contribution in [0.25, 0.3) is 0 Å². The number of methoxy groups -OCH3 is 1. The van der Waals surface area contributed by atoms with E-state index in [2.05, 4.69) is 15.6 Å². The lowest BCUT2D eigenvalue weighted by Crippen LogP contribution is -2.40. The molecule has 33 heavy (non-hydrogen) atoms. The summed E-state index contributed by atoms with van der Waals surface area (Å²) in [7, 11) is 1.65. The van der Waals surface area contributed by atoms with Crippen molar-refractivity contribution in [2.45, 2.75) is 45.9 Å². The fraction of sp³-hybridized carbons (Fsp3) is 0.480. The van der Waals surface area contributed by atoms with E-state index in [-0.39, 0.29) is 30.1 Å². The van der Waals surface area contributed by atoms with Crippen LogP contribution in [0, 0.1) is 0 Å². The lowest BCUT2D eigenvalue weighted by Gasteiger charge is -2.17. The summed E-state index contributed by atoms with van der Waals surface area (Å²) in [6.07, 6.45) is 0.258. The molecule has 0 saturated heterocycles. The number of guanidine groups is 1. The Labute approximate surface area is 215 Å². The van der Waals surface area contributed by atoms with Gasteiger partial charge in [-0.25, -0.2) is 4.99 Å². The van der Waals surface area contributed by atoms with Crippen LogP contribution in [-0.2, 0) is 11.3 Å². The summed E-state index contributed by atoms with van der Waals surface area (Å²) in [6.45, 7) is 8.91. The van der Waals surface area contributed by atoms with Crippen molar-refractivity contribution in [3.8, 4) is 11.5 Å². The Kier molecular flexibility index (Phi) is 14.5. The third-order valence-electron chi connectivity index (χ3n) is 4.62. The maximum absolute atomic E-state index is 10.7. The summed E-state index contributed by atoms with van der Waals surface area (Å²) in [5, 5.41) is 17.2. The van der Waals surface area contributed by atoms with Crippen molar-refractivity contribution in [3.63, 3.8) is 0 Å². The van der Waals surface area contributed by atoms with Gasteiger partial charge in [0.1, 0.15) is 11.5 Å². The first-order chi connectivity index (χ1) is 15.5. The van der Waals surface area contributed by atoms with Crippen molar-refractivity contribution in [1.82, 2.24) is 10.6 Å². The number of nitrogens with one attached hydrogen (secondary N) is 2. The number of aliphatic hydroxyl groups excluding tert-OH is 1. The van der Waals surface area contributed by atoms with Gasteiger partial charge in [0, 0.05) is 26.3 Å². The molecule has 0 aliphatic carbocycles. The van der Waals surface area contributed by atoms with Crippen molar-refractivity contribution in [3.05, 3.63) is 59.7 Å². The fourth-order valence-electron chi connectivity index (χ4n) is 2.98. The second-order valence-corrected chi connectivity index (χ2v) is 7.63.